The van der Waals surface area contributed by atoms with Crippen LogP contribution in [-0.2, 0) is 12.8 Å². The van der Waals surface area contributed by atoms with Crippen LogP contribution in [0.5, 0.6) is 0 Å². The lowest BCUT2D eigenvalue weighted by Crippen LogP contribution is -2.45. The molecule has 3 aliphatic carbocycles. The normalized spacial score (nSPS) is 34.1. The SMILES string of the molecule is CC1(CNC2C3CCC2Cc2ccccc2C3)CCC1. The van der Waals surface area contributed by atoms with Crippen LogP contribution in [0.25, 0.3) is 0 Å². The molecule has 0 heterocycles. The van der Waals surface area contributed by atoms with E-state index in [9.17, 15) is 0 Å². The Hall–Kier alpha value is -0.820. The first kappa shape index (κ1) is 12.9. The molecule has 0 amide bonds. The highest BCUT2D eigenvalue weighted by molar-refractivity contribution is 5.30. The fourth-order valence-corrected chi connectivity index (χ4v) is 4.81. The number of hydrogen-bond acceptors (Lipinski definition) is 1. The van der Waals surface area contributed by atoms with Crippen molar-refractivity contribution in [3.63, 3.8) is 0 Å². The maximum Gasteiger partial charge on any atom is 0.0130 e. The van der Waals surface area contributed by atoms with Gasteiger partial charge in [0.25, 0.3) is 0 Å². The molecule has 20 heavy (non-hydrogen) atoms. The van der Waals surface area contributed by atoms with Gasteiger partial charge in [-0.1, -0.05) is 37.6 Å². The van der Waals surface area contributed by atoms with Crippen molar-refractivity contribution in [3.8, 4) is 0 Å². The third kappa shape index (κ3) is 2.20. The van der Waals surface area contributed by atoms with E-state index in [0.29, 0.717) is 5.41 Å². The Kier molecular flexibility index (Phi) is 3.14. The van der Waals surface area contributed by atoms with Gasteiger partial charge in [0, 0.05) is 12.6 Å². The highest BCUT2D eigenvalue weighted by atomic mass is 15.0. The van der Waals surface area contributed by atoms with Crippen LogP contribution in [-0.4, -0.2) is 12.6 Å². The molecule has 0 aromatic heterocycles. The molecular weight excluding hydrogens is 242 g/mol. The van der Waals surface area contributed by atoms with E-state index in [-0.39, 0.29) is 0 Å². The molecule has 4 rings (SSSR count). The molecule has 108 valence electrons. The Morgan fingerprint density at radius 3 is 2.15 bits per heavy atom. The van der Waals surface area contributed by atoms with Gasteiger partial charge in [-0.3, -0.25) is 0 Å². The Bertz CT molecular complexity index is 455. The van der Waals surface area contributed by atoms with E-state index in [1.807, 2.05) is 0 Å². The number of nitrogens with one attached hydrogen (secondary N) is 1. The van der Waals surface area contributed by atoms with Crippen molar-refractivity contribution in [1.82, 2.24) is 5.32 Å². The summed E-state index contributed by atoms with van der Waals surface area (Å²) in [5.41, 5.74) is 3.86. The van der Waals surface area contributed by atoms with E-state index in [4.69, 9.17) is 0 Å². The molecule has 2 bridgehead atoms. The zero-order valence-corrected chi connectivity index (χ0v) is 12.7. The van der Waals surface area contributed by atoms with Gasteiger partial charge in [-0.25, -0.2) is 0 Å². The zero-order valence-electron chi connectivity index (χ0n) is 12.7. The predicted octanol–water partition coefficient (Wildman–Crippen LogP) is 3.96. The van der Waals surface area contributed by atoms with Crippen LogP contribution in [0.4, 0.5) is 0 Å². The van der Waals surface area contributed by atoms with E-state index < -0.39 is 0 Å². The van der Waals surface area contributed by atoms with E-state index >= 15 is 0 Å². The van der Waals surface area contributed by atoms with Crippen molar-refractivity contribution >= 4 is 0 Å². The third-order valence-electron chi connectivity index (χ3n) is 6.33. The first-order valence-electron chi connectivity index (χ1n) is 8.54. The van der Waals surface area contributed by atoms with Crippen LogP contribution in [0.1, 0.15) is 50.2 Å². The van der Waals surface area contributed by atoms with Crippen LogP contribution < -0.4 is 5.32 Å². The smallest absolute Gasteiger partial charge is 0.0130 e. The summed E-state index contributed by atoms with van der Waals surface area (Å²) < 4.78 is 0. The fourth-order valence-electron chi connectivity index (χ4n) is 4.81. The number of hydrogen-bond donors (Lipinski definition) is 1. The summed E-state index contributed by atoms with van der Waals surface area (Å²) in [6, 6.07) is 9.94. The molecule has 0 radical (unpaired) electrons. The van der Waals surface area contributed by atoms with Crippen LogP contribution in [0.3, 0.4) is 0 Å². The highest BCUT2D eigenvalue weighted by Crippen LogP contribution is 2.43. The summed E-state index contributed by atoms with van der Waals surface area (Å²) in [7, 11) is 0. The van der Waals surface area contributed by atoms with Gasteiger partial charge in [-0.2, -0.15) is 0 Å². The average molecular weight is 269 g/mol. The molecule has 3 aliphatic rings. The van der Waals surface area contributed by atoms with Crippen LogP contribution in [0.2, 0.25) is 0 Å². The standard InChI is InChI=1S/C19H27N/c1-19(9-4-10-19)13-20-18-16-7-8-17(18)12-15-6-3-2-5-14(15)11-16/h2-3,5-6,16-18,20H,4,7-13H2,1H3. The molecule has 1 N–H and O–H groups in total. The molecule has 2 atom stereocenters. The topological polar surface area (TPSA) is 12.0 Å². The number of fused-ring (bicyclic) bond motifs is 3. The van der Waals surface area contributed by atoms with Crippen LogP contribution >= 0.6 is 0 Å². The van der Waals surface area contributed by atoms with Crippen LogP contribution in [0, 0.1) is 17.3 Å². The molecule has 2 unspecified atom stereocenters. The summed E-state index contributed by atoms with van der Waals surface area (Å²) in [4.78, 5) is 0. The summed E-state index contributed by atoms with van der Waals surface area (Å²) in [5.74, 6) is 1.76. The van der Waals surface area contributed by atoms with Gasteiger partial charge in [0.2, 0.25) is 0 Å². The lowest BCUT2D eigenvalue weighted by Gasteiger charge is -2.40. The monoisotopic (exact) mass is 269 g/mol. The summed E-state index contributed by atoms with van der Waals surface area (Å²) in [5, 5.41) is 4.00. The van der Waals surface area contributed by atoms with Gasteiger partial charge in [0.1, 0.15) is 0 Å². The first-order valence-corrected chi connectivity index (χ1v) is 8.54. The Labute approximate surface area is 123 Å². The Morgan fingerprint density at radius 1 is 1.05 bits per heavy atom. The second-order valence-corrected chi connectivity index (χ2v) is 7.85. The maximum absolute atomic E-state index is 4.00. The van der Waals surface area contributed by atoms with E-state index in [1.165, 1.54) is 51.5 Å². The minimum absolute atomic E-state index is 0.610. The van der Waals surface area contributed by atoms with E-state index in [0.717, 1.165) is 17.9 Å². The summed E-state index contributed by atoms with van der Waals surface area (Å²) >= 11 is 0. The third-order valence-corrected chi connectivity index (χ3v) is 6.33. The molecule has 1 nitrogen and oxygen atoms in total. The molecule has 1 aromatic rings. The van der Waals surface area contributed by atoms with Gasteiger partial charge in [0.15, 0.2) is 0 Å². The van der Waals surface area contributed by atoms with Crippen molar-refractivity contribution in [2.45, 2.75) is 57.9 Å². The predicted molar refractivity (Wildman–Crippen MR) is 83.8 cm³/mol. The van der Waals surface area contributed by atoms with Crippen molar-refractivity contribution in [3.05, 3.63) is 35.4 Å². The van der Waals surface area contributed by atoms with Gasteiger partial charge >= 0.3 is 0 Å². The van der Waals surface area contributed by atoms with Gasteiger partial charge in [0.05, 0.1) is 0 Å². The quantitative estimate of drug-likeness (QED) is 0.876. The molecule has 2 fully saturated rings. The van der Waals surface area contributed by atoms with Gasteiger partial charge in [-0.05, 0) is 66.9 Å². The molecule has 0 aliphatic heterocycles. The summed E-state index contributed by atoms with van der Waals surface area (Å²) in [6.07, 6.45) is 9.80. The first-order chi connectivity index (χ1) is 9.73. The fraction of sp³-hybridized carbons (Fsp3) is 0.684. The molecule has 2 saturated carbocycles. The number of benzene rings is 1. The lowest BCUT2D eigenvalue weighted by atomic mass is 9.70. The van der Waals surface area contributed by atoms with Crippen molar-refractivity contribution in [1.29, 1.82) is 0 Å². The highest BCUT2D eigenvalue weighted by Gasteiger charge is 2.40. The second kappa shape index (κ2) is 4.87. The van der Waals surface area contributed by atoms with Gasteiger partial charge < -0.3 is 5.32 Å². The minimum Gasteiger partial charge on any atom is -0.313 e. The largest absolute Gasteiger partial charge is 0.313 e. The Morgan fingerprint density at radius 2 is 1.65 bits per heavy atom. The molecule has 0 saturated heterocycles. The lowest BCUT2D eigenvalue weighted by molar-refractivity contribution is 0.141. The van der Waals surface area contributed by atoms with Crippen molar-refractivity contribution in [2.75, 3.05) is 6.54 Å². The second-order valence-electron chi connectivity index (χ2n) is 7.85. The molecule has 0 spiro atoms. The van der Waals surface area contributed by atoms with Gasteiger partial charge in [-0.15, -0.1) is 0 Å². The molecule has 1 aromatic carbocycles. The van der Waals surface area contributed by atoms with E-state index in [2.05, 4.69) is 36.5 Å². The maximum atomic E-state index is 4.00. The van der Waals surface area contributed by atoms with Crippen molar-refractivity contribution in [2.24, 2.45) is 17.3 Å². The Balaban J connectivity index is 1.49. The van der Waals surface area contributed by atoms with E-state index in [1.54, 1.807) is 11.1 Å². The van der Waals surface area contributed by atoms with Crippen LogP contribution in [0.15, 0.2) is 24.3 Å². The van der Waals surface area contributed by atoms with Crippen molar-refractivity contribution < 1.29 is 0 Å². The zero-order chi connectivity index (χ0) is 13.6. The molecule has 1 heteroatoms. The average Bonchev–Trinajstić information content (AvgIpc) is 2.69. The number of rotatable bonds is 3. The summed E-state index contributed by atoms with van der Waals surface area (Å²) in [6.45, 7) is 3.72. The minimum atomic E-state index is 0.610. The molecular formula is C19H27N.